The lowest BCUT2D eigenvalue weighted by Crippen LogP contribution is -2.09. The molecule has 3 N–H and O–H groups in total. The predicted molar refractivity (Wildman–Crippen MR) is 79.4 cm³/mol. The summed E-state index contributed by atoms with van der Waals surface area (Å²) in [4.78, 5) is 12.4. The molecule has 0 radical (unpaired) electrons. The number of halogens is 1. The second-order valence-electron chi connectivity index (χ2n) is 3.92. The first kappa shape index (κ1) is 12.8. The topological polar surface area (TPSA) is 86.0 Å². The van der Waals surface area contributed by atoms with Gasteiger partial charge in [0, 0.05) is 11.6 Å². The van der Waals surface area contributed by atoms with Gasteiger partial charge in [-0.05, 0) is 28.1 Å². The van der Waals surface area contributed by atoms with E-state index in [1.165, 1.54) is 6.33 Å². The maximum Gasteiger partial charge on any atom is 0.239 e. The zero-order valence-corrected chi connectivity index (χ0v) is 11.8. The fraction of sp³-hybridized carbons (Fsp3) is 0. The number of para-hydroxylation sites is 1. The van der Waals surface area contributed by atoms with Crippen LogP contribution in [0.5, 0.6) is 11.6 Å². The highest BCUT2D eigenvalue weighted by molar-refractivity contribution is 9.10. The number of hydrogen-bond acceptors (Lipinski definition) is 6. The minimum Gasteiger partial charge on any atom is -0.435 e. The van der Waals surface area contributed by atoms with Crippen LogP contribution < -0.4 is 16.0 Å². The van der Waals surface area contributed by atoms with E-state index in [0.717, 1.165) is 10.9 Å². The van der Waals surface area contributed by atoms with E-state index in [0.29, 0.717) is 21.9 Å². The average Bonchev–Trinajstić information content (AvgIpc) is 2.50. The molecule has 7 heteroatoms. The van der Waals surface area contributed by atoms with Crippen LogP contribution >= 0.6 is 15.9 Å². The van der Waals surface area contributed by atoms with Crippen molar-refractivity contribution < 1.29 is 4.74 Å². The molecule has 1 aromatic carbocycles. The molecular weight excluding hydrogens is 322 g/mol. The van der Waals surface area contributed by atoms with Crippen LogP contribution in [0.1, 0.15) is 0 Å². The lowest BCUT2D eigenvalue weighted by Gasteiger charge is -2.10. The molecule has 0 fully saturated rings. The van der Waals surface area contributed by atoms with E-state index in [-0.39, 0.29) is 0 Å². The van der Waals surface area contributed by atoms with Crippen LogP contribution in [0.25, 0.3) is 10.9 Å². The molecule has 100 valence electrons. The van der Waals surface area contributed by atoms with Gasteiger partial charge < -0.3 is 10.2 Å². The van der Waals surface area contributed by atoms with Crippen LogP contribution in [0.3, 0.4) is 0 Å². The molecular formula is C13H10BrN5O. The summed E-state index contributed by atoms with van der Waals surface area (Å²) >= 11 is 3.35. The summed E-state index contributed by atoms with van der Waals surface area (Å²) in [5.74, 6) is 6.80. The van der Waals surface area contributed by atoms with E-state index in [1.807, 2.05) is 30.3 Å². The van der Waals surface area contributed by atoms with Crippen molar-refractivity contribution in [2.24, 2.45) is 5.84 Å². The van der Waals surface area contributed by atoms with Crippen LogP contribution in [-0.2, 0) is 0 Å². The molecule has 0 aliphatic heterocycles. The number of hydrogen-bond donors (Lipinski definition) is 2. The summed E-state index contributed by atoms with van der Waals surface area (Å²) in [6.07, 6.45) is 3.09. The van der Waals surface area contributed by atoms with Crippen molar-refractivity contribution in [3.05, 3.63) is 47.3 Å². The van der Waals surface area contributed by atoms with Gasteiger partial charge in [0.1, 0.15) is 16.3 Å². The van der Waals surface area contributed by atoms with Gasteiger partial charge in [-0.1, -0.05) is 18.2 Å². The van der Waals surface area contributed by atoms with Gasteiger partial charge in [-0.15, -0.1) is 0 Å². The first-order chi connectivity index (χ1) is 9.79. The Morgan fingerprint density at radius 3 is 2.80 bits per heavy atom. The maximum atomic E-state index is 5.81. The van der Waals surface area contributed by atoms with Crippen molar-refractivity contribution in [2.45, 2.75) is 0 Å². The van der Waals surface area contributed by atoms with E-state index in [9.17, 15) is 0 Å². The molecule has 0 atom stereocenters. The summed E-state index contributed by atoms with van der Waals surface area (Å²) in [6.45, 7) is 0. The van der Waals surface area contributed by atoms with Crippen LogP contribution in [-0.4, -0.2) is 15.0 Å². The molecule has 0 spiro atoms. The van der Waals surface area contributed by atoms with E-state index in [2.05, 4.69) is 36.3 Å². The number of nitrogens with zero attached hydrogens (tertiary/aromatic N) is 3. The molecule has 3 aromatic rings. The summed E-state index contributed by atoms with van der Waals surface area (Å²) in [5.41, 5.74) is 3.23. The van der Waals surface area contributed by atoms with Gasteiger partial charge in [0.2, 0.25) is 5.88 Å². The fourth-order valence-electron chi connectivity index (χ4n) is 1.79. The van der Waals surface area contributed by atoms with E-state index < -0.39 is 0 Å². The number of aromatic nitrogens is 3. The minimum absolute atomic E-state index is 0.367. The van der Waals surface area contributed by atoms with E-state index in [1.54, 1.807) is 6.20 Å². The Balaban J connectivity index is 2.06. The van der Waals surface area contributed by atoms with Crippen LogP contribution in [0.4, 0.5) is 5.82 Å². The highest BCUT2D eigenvalue weighted by Gasteiger charge is 2.12. The first-order valence-electron chi connectivity index (χ1n) is 5.78. The van der Waals surface area contributed by atoms with Gasteiger partial charge in [-0.3, -0.25) is 4.98 Å². The Hall–Kier alpha value is -2.25. The van der Waals surface area contributed by atoms with E-state index >= 15 is 0 Å². The molecule has 0 saturated heterocycles. The number of benzene rings is 1. The second-order valence-corrected chi connectivity index (χ2v) is 4.71. The third-order valence-electron chi connectivity index (χ3n) is 2.70. The SMILES string of the molecule is NNc1ncnc(Oc2cccc3cccnc23)c1Br. The molecule has 0 unspecified atom stereocenters. The van der Waals surface area contributed by atoms with Crippen molar-refractivity contribution in [1.82, 2.24) is 15.0 Å². The van der Waals surface area contributed by atoms with Crippen molar-refractivity contribution in [2.75, 3.05) is 5.43 Å². The molecule has 6 nitrogen and oxygen atoms in total. The molecule has 0 amide bonds. The number of fused-ring (bicyclic) bond motifs is 1. The molecule has 3 rings (SSSR count). The molecule has 2 aromatic heterocycles. The molecule has 2 heterocycles. The number of nitrogens with one attached hydrogen (secondary N) is 1. The summed E-state index contributed by atoms with van der Waals surface area (Å²) in [7, 11) is 0. The number of ether oxygens (including phenoxy) is 1. The summed E-state index contributed by atoms with van der Waals surface area (Å²) in [6, 6.07) is 9.55. The van der Waals surface area contributed by atoms with Crippen LogP contribution in [0, 0.1) is 0 Å². The average molecular weight is 332 g/mol. The van der Waals surface area contributed by atoms with Crippen molar-refractivity contribution in [3.63, 3.8) is 0 Å². The molecule has 0 aliphatic carbocycles. The van der Waals surface area contributed by atoms with Crippen molar-refractivity contribution >= 4 is 32.7 Å². The van der Waals surface area contributed by atoms with Gasteiger partial charge in [-0.2, -0.15) is 0 Å². The van der Waals surface area contributed by atoms with Crippen molar-refractivity contribution in [3.8, 4) is 11.6 Å². The Bertz CT molecular complexity index is 759. The predicted octanol–water partition coefficient (Wildman–Crippen LogP) is 2.87. The Labute approximate surface area is 123 Å². The zero-order valence-electron chi connectivity index (χ0n) is 10.2. The highest BCUT2D eigenvalue weighted by Crippen LogP contribution is 2.33. The number of pyridine rings is 1. The number of nitrogen functional groups attached to an aromatic ring is 1. The van der Waals surface area contributed by atoms with Gasteiger partial charge in [0.25, 0.3) is 0 Å². The second kappa shape index (κ2) is 5.40. The maximum absolute atomic E-state index is 5.81. The van der Waals surface area contributed by atoms with Gasteiger partial charge >= 0.3 is 0 Å². The third kappa shape index (κ3) is 2.28. The molecule has 0 saturated carbocycles. The van der Waals surface area contributed by atoms with Gasteiger partial charge in [0.15, 0.2) is 11.6 Å². The molecule has 0 bridgehead atoms. The fourth-order valence-corrected chi connectivity index (χ4v) is 2.19. The zero-order chi connectivity index (χ0) is 13.9. The first-order valence-corrected chi connectivity index (χ1v) is 6.57. The quantitative estimate of drug-likeness (QED) is 0.567. The Morgan fingerprint density at radius 2 is 1.95 bits per heavy atom. The van der Waals surface area contributed by atoms with Gasteiger partial charge in [0.05, 0.1) is 0 Å². The standard InChI is InChI=1S/C13H10BrN5O/c14-10-12(19-15)17-7-18-13(10)20-9-5-1-3-8-4-2-6-16-11(8)9/h1-7H,15H2,(H,17,18,19). The Kier molecular flexibility index (Phi) is 3.44. The normalized spacial score (nSPS) is 10.5. The smallest absolute Gasteiger partial charge is 0.239 e. The number of anilines is 1. The lowest BCUT2D eigenvalue weighted by atomic mass is 10.2. The monoisotopic (exact) mass is 331 g/mol. The number of rotatable bonds is 3. The third-order valence-corrected chi connectivity index (χ3v) is 3.41. The summed E-state index contributed by atoms with van der Waals surface area (Å²) < 4.78 is 6.36. The number of nitrogens with two attached hydrogens (primary N) is 1. The van der Waals surface area contributed by atoms with Gasteiger partial charge in [-0.25, -0.2) is 15.8 Å². The molecule has 20 heavy (non-hydrogen) atoms. The van der Waals surface area contributed by atoms with Crippen LogP contribution in [0.2, 0.25) is 0 Å². The minimum atomic E-state index is 0.367. The lowest BCUT2D eigenvalue weighted by molar-refractivity contribution is 0.462. The largest absolute Gasteiger partial charge is 0.435 e. The summed E-state index contributed by atoms with van der Waals surface area (Å²) in [5, 5.41) is 0.993. The highest BCUT2D eigenvalue weighted by atomic mass is 79.9. The number of hydrazine groups is 1. The van der Waals surface area contributed by atoms with E-state index in [4.69, 9.17) is 10.6 Å². The van der Waals surface area contributed by atoms with Crippen molar-refractivity contribution in [1.29, 1.82) is 0 Å². The molecule has 0 aliphatic rings. The van der Waals surface area contributed by atoms with Crippen LogP contribution in [0.15, 0.2) is 47.3 Å². The Morgan fingerprint density at radius 1 is 1.10 bits per heavy atom.